The van der Waals surface area contributed by atoms with Gasteiger partial charge in [0.15, 0.2) is 17.4 Å². The minimum absolute atomic E-state index is 0.0939. The molecule has 1 fully saturated rings. The fraction of sp³-hybridized carbons (Fsp3) is 0.538. The Kier molecular flexibility index (Phi) is 4.68. The van der Waals surface area contributed by atoms with Crippen molar-refractivity contribution in [1.82, 2.24) is 4.90 Å². The highest BCUT2D eigenvalue weighted by Gasteiger charge is 2.20. The first-order chi connectivity index (χ1) is 9.10. The fourth-order valence-corrected chi connectivity index (χ4v) is 1.99. The van der Waals surface area contributed by atoms with Crippen molar-refractivity contribution in [2.24, 2.45) is 0 Å². The summed E-state index contributed by atoms with van der Waals surface area (Å²) in [4.78, 5) is 2.07. The van der Waals surface area contributed by atoms with Crippen molar-refractivity contribution in [2.75, 3.05) is 33.4 Å². The highest BCUT2D eigenvalue weighted by molar-refractivity contribution is 5.31. The second-order valence-corrected chi connectivity index (χ2v) is 4.61. The lowest BCUT2D eigenvalue weighted by atomic mass is 10.2. The fourth-order valence-electron chi connectivity index (χ4n) is 1.99. The van der Waals surface area contributed by atoms with E-state index in [1.165, 1.54) is 0 Å². The molecule has 2 rings (SSSR count). The molecule has 0 bridgehead atoms. The first-order valence-corrected chi connectivity index (χ1v) is 6.12. The number of aliphatic hydroxyl groups excluding tert-OH is 1. The van der Waals surface area contributed by atoms with E-state index < -0.39 is 24.0 Å². The molecule has 0 aliphatic carbocycles. The number of aliphatic hydroxyl groups is 1. The Morgan fingerprint density at radius 3 is 2.68 bits per heavy atom. The van der Waals surface area contributed by atoms with Crippen LogP contribution in [0.5, 0.6) is 5.75 Å². The Morgan fingerprint density at radius 2 is 2.11 bits per heavy atom. The predicted molar refractivity (Wildman–Crippen MR) is 65.0 cm³/mol. The molecule has 1 aromatic rings. The van der Waals surface area contributed by atoms with Crippen LogP contribution in [-0.2, 0) is 11.3 Å². The Bertz CT molecular complexity index is 419. The molecule has 4 nitrogen and oxygen atoms in total. The maximum atomic E-state index is 13.6. The van der Waals surface area contributed by atoms with E-state index in [1.54, 1.807) is 0 Å². The molecule has 1 aliphatic rings. The summed E-state index contributed by atoms with van der Waals surface area (Å²) in [5, 5.41) is 8.84. The molecule has 0 amide bonds. The van der Waals surface area contributed by atoms with E-state index in [0.29, 0.717) is 13.2 Å². The molecule has 1 unspecified atom stereocenters. The van der Waals surface area contributed by atoms with Gasteiger partial charge < -0.3 is 19.5 Å². The second kappa shape index (κ2) is 6.27. The Labute approximate surface area is 110 Å². The molecule has 0 radical (unpaired) electrons. The molecular weight excluding hydrogens is 256 g/mol. The lowest BCUT2D eigenvalue weighted by Crippen LogP contribution is -2.42. The smallest absolute Gasteiger partial charge is 0.190 e. The maximum Gasteiger partial charge on any atom is 0.190 e. The molecule has 6 heteroatoms. The van der Waals surface area contributed by atoms with Crippen LogP contribution in [0, 0.1) is 11.6 Å². The van der Waals surface area contributed by atoms with Gasteiger partial charge in [0, 0.05) is 13.1 Å². The SMILES string of the molecule is CN1CCOC(COc2c(F)cc(CO)cc2F)C1. The number of hydrogen-bond donors (Lipinski definition) is 1. The van der Waals surface area contributed by atoms with Crippen molar-refractivity contribution in [1.29, 1.82) is 0 Å². The van der Waals surface area contributed by atoms with E-state index in [0.717, 1.165) is 18.7 Å². The van der Waals surface area contributed by atoms with E-state index in [-0.39, 0.29) is 18.3 Å². The van der Waals surface area contributed by atoms with Crippen LogP contribution >= 0.6 is 0 Å². The van der Waals surface area contributed by atoms with E-state index in [9.17, 15) is 8.78 Å². The number of hydrogen-bond acceptors (Lipinski definition) is 4. The first kappa shape index (κ1) is 14.2. The molecule has 106 valence electrons. The normalized spacial score (nSPS) is 20.5. The standard InChI is InChI=1S/C13H17F2NO3/c1-16-2-3-18-10(6-16)8-19-13-11(14)4-9(7-17)5-12(13)15/h4-5,10,17H,2-3,6-8H2,1H3. The van der Waals surface area contributed by atoms with Crippen LogP contribution in [0.1, 0.15) is 5.56 Å². The quantitative estimate of drug-likeness (QED) is 0.894. The van der Waals surface area contributed by atoms with Gasteiger partial charge in [0.05, 0.1) is 13.2 Å². The number of morpholine rings is 1. The summed E-state index contributed by atoms with van der Waals surface area (Å²) in [6, 6.07) is 2.12. The van der Waals surface area contributed by atoms with Crippen LogP contribution in [0.2, 0.25) is 0 Å². The molecule has 1 aliphatic heterocycles. The highest BCUT2D eigenvalue weighted by atomic mass is 19.1. The van der Waals surface area contributed by atoms with Gasteiger partial charge in [-0.15, -0.1) is 0 Å². The first-order valence-electron chi connectivity index (χ1n) is 6.12. The van der Waals surface area contributed by atoms with Gasteiger partial charge in [-0.2, -0.15) is 0 Å². The van der Waals surface area contributed by atoms with Crippen molar-refractivity contribution in [3.8, 4) is 5.75 Å². The van der Waals surface area contributed by atoms with Crippen LogP contribution in [0.3, 0.4) is 0 Å². The summed E-state index contributed by atoms with van der Waals surface area (Å²) < 4.78 is 37.8. The van der Waals surface area contributed by atoms with Crippen molar-refractivity contribution in [2.45, 2.75) is 12.7 Å². The summed E-state index contributed by atoms with van der Waals surface area (Å²) in [6.07, 6.45) is -0.199. The van der Waals surface area contributed by atoms with Gasteiger partial charge in [0.25, 0.3) is 0 Å². The topological polar surface area (TPSA) is 41.9 Å². The zero-order valence-electron chi connectivity index (χ0n) is 10.7. The zero-order valence-corrected chi connectivity index (χ0v) is 10.7. The van der Waals surface area contributed by atoms with Gasteiger partial charge in [-0.1, -0.05) is 0 Å². The van der Waals surface area contributed by atoms with E-state index in [2.05, 4.69) is 4.90 Å². The second-order valence-electron chi connectivity index (χ2n) is 4.61. The third kappa shape index (κ3) is 3.62. The molecule has 1 aromatic carbocycles. The highest BCUT2D eigenvalue weighted by Crippen LogP contribution is 2.24. The van der Waals surface area contributed by atoms with Gasteiger partial charge in [-0.3, -0.25) is 0 Å². The molecule has 1 saturated heterocycles. The van der Waals surface area contributed by atoms with Crippen LogP contribution in [0.4, 0.5) is 8.78 Å². The summed E-state index contributed by atoms with van der Waals surface area (Å²) in [7, 11) is 1.95. The van der Waals surface area contributed by atoms with Crippen molar-refractivity contribution in [3.63, 3.8) is 0 Å². The lowest BCUT2D eigenvalue weighted by Gasteiger charge is -2.29. The molecule has 1 atom stereocenters. The van der Waals surface area contributed by atoms with Gasteiger partial charge in [-0.25, -0.2) is 8.78 Å². The third-order valence-corrected chi connectivity index (χ3v) is 3.00. The molecule has 0 spiro atoms. The average Bonchev–Trinajstić information content (AvgIpc) is 2.37. The number of likely N-dealkylation sites (N-methyl/N-ethyl adjacent to an activating group) is 1. The largest absolute Gasteiger partial charge is 0.485 e. The number of rotatable bonds is 4. The zero-order chi connectivity index (χ0) is 13.8. The molecule has 0 aromatic heterocycles. The summed E-state index contributed by atoms with van der Waals surface area (Å²) >= 11 is 0. The van der Waals surface area contributed by atoms with Crippen LogP contribution < -0.4 is 4.74 Å². The molecule has 0 saturated carbocycles. The Hall–Kier alpha value is -1.24. The molecular formula is C13H17F2NO3. The van der Waals surface area contributed by atoms with Gasteiger partial charge in [-0.05, 0) is 24.7 Å². The van der Waals surface area contributed by atoms with Crippen molar-refractivity contribution >= 4 is 0 Å². The maximum absolute atomic E-state index is 13.6. The monoisotopic (exact) mass is 273 g/mol. The molecule has 1 N–H and O–H groups in total. The average molecular weight is 273 g/mol. The molecule has 19 heavy (non-hydrogen) atoms. The van der Waals surface area contributed by atoms with Gasteiger partial charge >= 0.3 is 0 Å². The number of halogens is 2. The van der Waals surface area contributed by atoms with Gasteiger partial charge in [0.1, 0.15) is 12.7 Å². The minimum atomic E-state index is -0.812. The van der Waals surface area contributed by atoms with Crippen LogP contribution in [0.25, 0.3) is 0 Å². The van der Waals surface area contributed by atoms with Crippen molar-refractivity contribution < 1.29 is 23.4 Å². The van der Waals surface area contributed by atoms with Crippen molar-refractivity contribution in [3.05, 3.63) is 29.3 Å². The summed E-state index contributed by atoms with van der Waals surface area (Å²) in [5.74, 6) is -2.05. The number of nitrogens with zero attached hydrogens (tertiary/aromatic N) is 1. The predicted octanol–water partition coefficient (Wildman–Crippen LogP) is 1.17. The lowest BCUT2D eigenvalue weighted by molar-refractivity contribution is -0.0413. The third-order valence-electron chi connectivity index (χ3n) is 3.00. The summed E-state index contributed by atoms with van der Waals surface area (Å²) in [6.45, 7) is 1.77. The number of ether oxygens (including phenoxy) is 2. The Morgan fingerprint density at radius 1 is 1.42 bits per heavy atom. The van der Waals surface area contributed by atoms with Gasteiger partial charge in [0.2, 0.25) is 0 Å². The van der Waals surface area contributed by atoms with E-state index >= 15 is 0 Å². The van der Waals surface area contributed by atoms with Crippen LogP contribution in [0.15, 0.2) is 12.1 Å². The minimum Gasteiger partial charge on any atom is -0.485 e. The summed E-state index contributed by atoms with van der Waals surface area (Å²) in [5.41, 5.74) is 0.177. The molecule has 1 heterocycles. The number of benzene rings is 1. The van der Waals surface area contributed by atoms with E-state index in [1.807, 2.05) is 7.05 Å². The van der Waals surface area contributed by atoms with Crippen LogP contribution in [-0.4, -0.2) is 49.5 Å². The van der Waals surface area contributed by atoms with E-state index in [4.69, 9.17) is 14.6 Å². The Balaban J connectivity index is 1.99.